The van der Waals surface area contributed by atoms with Crippen LogP contribution in [0.1, 0.15) is 43.8 Å². The standard InChI is InChI=1S/C13H18N4O/c1-4-11-15-12(17-16-11)8-9-6-5-7-10(14-9)13(2,3)18/h5-7,18H,4,8H2,1-3H3,(H,15,16,17). The van der Waals surface area contributed by atoms with Crippen molar-refractivity contribution < 1.29 is 5.11 Å². The highest BCUT2D eigenvalue weighted by atomic mass is 16.3. The molecule has 0 spiro atoms. The Morgan fingerprint density at radius 3 is 2.67 bits per heavy atom. The fourth-order valence-corrected chi connectivity index (χ4v) is 1.66. The normalized spacial score (nSPS) is 11.8. The fourth-order valence-electron chi connectivity index (χ4n) is 1.66. The van der Waals surface area contributed by atoms with E-state index in [4.69, 9.17) is 0 Å². The lowest BCUT2D eigenvalue weighted by atomic mass is 10.0. The third-order valence-corrected chi connectivity index (χ3v) is 2.68. The van der Waals surface area contributed by atoms with Gasteiger partial charge >= 0.3 is 0 Å². The van der Waals surface area contributed by atoms with E-state index >= 15 is 0 Å². The molecule has 0 aromatic carbocycles. The minimum atomic E-state index is -0.925. The largest absolute Gasteiger partial charge is 0.384 e. The van der Waals surface area contributed by atoms with Crippen LogP contribution in [0.15, 0.2) is 18.2 Å². The molecule has 0 atom stereocenters. The zero-order valence-corrected chi connectivity index (χ0v) is 10.9. The first kappa shape index (κ1) is 12.7. The van der Waals surface area contributed by atoms with E-state index in [9.17, 15) is 5.11 Å². The van der Waals surface area contributed by atoms with Gasteiger partial charge in [0.15, 0.2) is 0 Å². The Bertz CT molecular complexity index is 528. The second kappa shape index (κ2) is 4.86. The molecule has 0 saturated heterocycles. The predicted octanol–water partition coefficient (Wildman–Crippen LogP) is 1.58. The molecule has 2 rings (SSSR count). The molecule has 0 fully saturated rings. The molecule has 5 heteroatoms. The topological polar surface area (TPSA) is 74.7 Å². The van der Waals surface area contributed by atoms with Crippen molar-refractivity contribution in [3.8, 4) is 0 Å². The van der Waals surface area contributed by atoms with Gasteiger partial charge in [-0.05, 0) is 26.0 Å². The summed E-state index contributed by atoms with van der Waals surface area (Å²) < 4.78 is 0. The molecule has 0 unspecified atom stereocenters. The van der Waals surface area contributed by atoms with Crippen molar-refractivity contribution in [1.82, 2.24) is 20.2 Å². The molecule has 0 aliphatic heterocycles. The summed E-state index contributed by atoms with van der Waals surface area (Å²) >= 11 is 0. The number of hydrogen-bond donors (Lipinski definition) is 2. The van der Waals surface area contributed by atoms with Crippen LogP contribution >= 0.6 is 0 Å². The lowest BCUT2D eigenvalue weighted by Crippen LogP contribution is -2.18. The van der Waals surface area contributed by atoms with Crippen molar-refractivity contribution in [1.29, 1.82) is 0 Å². The van der Waals surface area contributed by atoms with Gasteiger partial charge in [0.25, 0.3) is 0 Å². The molecule has 0 saturated carbocycles. The number of rotatable bonds is 4. The first-order valence-electron chi connectivity index (χ1n) is 6.08. The lowest BCUT2D eigenvalue weighted by molar-refractivity contribution is 0.0736. The van der Waals surface area contributed by atoms with E-state index in [1.54, 1.807) is 13.8 Å². The van der Waals surface area contributed by atoms with Crippen LogP contribution < -0.4 is 0 Å². The molecule has 18 heavy (non-hydrogen) atoms. The van der Waals surface area contributed by atoms with Crippen LogP contribution in [0.25, 0.3) is 0 Å². The summed E-state index contributed by atoms with van der Waals surface area (Å²) in [6, 6.07) is 5.64. The lowest BCUT2D eigenvalue weighted by Gasteiger charge is -2.16. The maximum atomic E-state index is 9.92. The van der Waals surface area contributed by atoms with Crippen molar-refractivity contribution in [2.75, 3.05) is 0 Å². The zero-order valence-electron chi connectivity index (χ0n) is 10.9. The molecule has 0 aliphatic rings. The van der Waals surface area contributed by atoms with Crippen molar-refractivity contribution in [2.45, 2.75) is 39.2 Å². The molecule has 0 amide bonds. The fraction of sp³-hybridized carbons (Fsp3) is 0.462. The van der Waals surface area contributed by atoms with Gasteiger partial charge in [0.05, 0.1) is 5.69 Å². The van der Waals surface area contributed by atoms with Crippen molar-refractivity contribution >= 4 is 0 Å². The van der Waals surface area contributed by atoms with Gasteiger partial charge in [0.1, 0.15) is 17.2 Å². The van der Waals surface area contributed by atoms with Gasteiger partial charge in [-0.15, -0.1) is 0 Å². The number of aliphatic hydroxyl groups is 1. The number of hydrogen-bond acceptors (Lipinski definition) is 4. The van der Waals surface area contributed by atoms with Gasteiger partial charge in [-0.1, -0.05) is 13.0 Å². The number of H-pyrrole nitrogens is 1. The van der Waals surface area contributed by atoms with Crippen LogP contribution in [0.4, 0.5) is 0 Å². The minimum absolute atomic E-state index is 0.594. The molecule has 0 aliphatic carbocycles. The maximum absolute atomic E-state index is 9.92. The van der Waals surface area contributed by atoms with Gasteiger partial charge in [0.2, 0.25) is 0 Å². The highest BCUT2D eigenvalue weighted by molar-refractivity contribution is 5.18. The summed E-state index contributed by atoms with van der Waals surface area (Å²) in [5.74, 6) is 1.61. The number of aryl methyl sites for hydroxylation is 1. The molecule has 5 nitrogen and oxygen atoms in total. The van der Waals surface area contributed by atoms with Crippen molar-refractivity contribution in [3.63, 3.8) is 0 Å². The number of nitrogens with zero attached hydrogens (tertiary/aromatic N) is 3. The number of pyridine rings is 1. The van der Waals surface area contributed by atoms with Crippen LogP contribution in [-0.2, 0) is 18.4 Å². The smallest absolute Gasteiger partial charge is 0.150 e. The number of aromatic amines is 1. The summed E-state index contributed by atoms with van der Waals surface area (Å²) in [5.41, 5.74) is 0.607. The molecule has 2 aromatic rings. The highest BCUT2D eigenvalue weighted by Crippen LogP contribution is 2.17. The Morgan fingerprint density at radius 1 is 1.28 bits per heavy atom. The number of nitrogens with one attached hydrogen (secondary N) is 1. The Kier molecular flexibility index (Phi) is 3.43. The zero-order chi connectivity index (χ0) is 13.2. The molecule has 2 N–H and O–H groups in total. The summed E-state index contributed by atoms with van der Waals surface area (Å²) in [6.07, 6.45) is 1.41. The predicted molar refractivity (Wildman–Crippen MR) is 68.0 cm³/mol. The summed E-state index contributed by atoms with van der Waals surface area (Å²) in [5, 5.41) is 16.9. The second-order valence-corrected chi connectivity index (χ2v) is 4.80. The Balaban J connectivity index is 2.19. The SMILES string of the molecule is CCc1n[nH]c(Cc2cccc(C(C)(C)O)n2)n1. The quantitative estimate of drug-likeness (QED) is 0.859. The molecule has 2 heterocycles. The third kappa shape index (κ3) is 2.92. The maximum Gasteiger partial charge on any atom is 0.150 e. The number of aromatic nitrogens is 4. The summed E-state index contributed by atoms with van der Waals surface area (Å²) in [7, 11) is 0. The second-order valence-electron chi connectivity index (χ2n) is 4.80. The van der Waals surface area contributed by atoms with Crippen molar-refractivity contribution in [2.24, 2.45) is 0 Å². The Morgan fingerprint density at radius 2 is 2.06 bits per heavy atom. The van der Waals surface area contributed by atoms with E-state index in [2.05, 4.69) is 20.2 Å². The van der Waals surface area contributed by atoms with Crippen LogP contribution in [0.5, 0.6) is 0 Å². The van der Waals surface area contributed by atoms with E-state index < -0.39 is 5.60 Å². The van der Waals surface area contributed by atoms with Crippen LogP contribution in [0.2, 0.25) is 0 Å². The van der Waals surface area contributed by atoms with E-state index in [0.29, 0.717) is 12.1 Å². The average molecular weight is 246 g/mol. The Hall–Kier alpha value is -1.75. The van der Waals surface area contributed by atoms with E-state index in [-0.39, 0.29) is 0 Å². The summed E-state index contributed by atoms with van der Waals surface area (Å²) in [4.78, 5) is 8.78. The molecule has 2 aromatic heterocycles. The van der Waals surface area contributed by atoms with Gasteiger partial charge in [0, 0.05) is 18.5 Å². The molecular weight excluding hydrogens is 228 g/mol. The molecule has 96 valence electrons. The van der Waals surface area contributed by atoms with Gasteiger partial charge in [-0.2, -0.15) is 5.10 Å². The molecule has 0 radical (unpaired) electrons. The summed E-state index contributed by atoms with van der Waals surface area (Å²) in [6.45, 7) is 5.46. The first-order valence-corrected chi connectivity index (χ1v) is 6.08. The third-order valence-electron chi connectivity index (χ3n) is 2.68. The van der Waals surface area contributed by atoms with Crippen molar-refractivity contribution in [3.05, 3.63) is 41.2 Å². The average Bonchev–Trinajstić information content (AvgIpc) is 2.76. The molecular formula is C13H18N4O. The van der Waals surface area contributed by atoms with E-state index in [1.165, 1.54) is 0 Å². The van der Waals surface area contributed by atoms with Crippen LogP contribution in [-0.4, -0.2) is 25.3 Å². The molecule has 0 bridgehead atoms. The van der Waals surface area contributed by atoms with Gasteiger partial charge in [-0.25, -0.2) is 4.98 Å². The van der Waals surface area contributed by atoms with Gasteiger partial charge in [-0.3, -0.25) is 10.1 Å². The van der Waals surface area contributed by atoms with E-state index in [1.807, 2.05) is 25.1 Å². The van der Waals surface area contributed by atoms with E-state index in [0.717, 1.165) is 23.8 Å². The van der Waals surface area contributed by atoms with Gasteiger partial charge < -0.3 is 5.11 Å². The Labute approximate surface area is 106 Å². The van der Waals surface area contributed by atoms with Crippen LogP contribution in [0, 0.1) is 0 Å². The minimum Gasteiger partial charge on any atom is -0.384 e. The first-order chi connectivity index (χ1) is 8.49. The van der Waals surface area contributed by atoms with Crippen LogP contribution in [0.3, 0.4) is 0 Å². The highest BCUT2D eigenvalue weighted by Gasteiger charge is 2.17. The monoisotopic (exact) mass is 246 g/mol.